The summed E-state index contributed by atoms with van der Waals surface area (Å²) in [5.41, 5.74) is 5.74. The van der Waals surface area contributed by atoms with Gasteiger partial charge in [0.05, 0.1) is 5.02 Å². The van der Waals surface area contributed by atoms with E-state index in [4.69, 9.17) is 11.6 Å². The van der Waals surface area contributed by atoms with E-state index >= 15 is 0 Å². The number of nitrogens with one attached hydrogen (secondary N) is 2. The lowest BCUT2D eigenvalue weighted by atomic mass is 9.95. The molecule has 0 spiro atoms. The molecule has 0 amide bonds. The summed E-state index contributed by atoms with van der Waals surface area (Å²) in [6.07, 6.45) is 8.14. The first-order valence-electron chi connectivity index (χ1n) is 10.5. The molecule has 2 aromatic carbocycles. The first kappa shape index (κ1) is 19.8. The summed E-state index contributed by atoms with van der Waals surface area (Å²) in [4.78, 5) is 4.51. The number of rotatable bonds is 6. The second kappa shape index (κ2) is 9.32. The molecule has 0 atom stereocenters. The minimum absolute atomic E-state index is 0.521. The maximum atomic E-state index is 6.51. The number of aryl methyl sites for hydroxylation is 1. The Labute approximate surface area is 178 Å². The highest BCUT2D eigenvalue weighted by molar-refractivity contribution is 6.33. The smallest absolute Gasteiger partial charge is 0.126 e. The molecule has 1 aliphatic rings. The first-order chi connectivity index (χ1) is 14.2. The normalized spacial score (nSPS) is 14.6. The molecule has 0 unspecified atom stereocenters. The van der Waals surface area contributed by atoms with Gasteiger partial charge in [0, 0.05) is 30.0 Å². The zero-order valence-electron chi connectivity index (χ0n) is 16.9. The average Bonchev–Trinajstić information content (AvgIpc) is 2.75. The van der Waals surface area contributed by atoms with Crippen LogP contribution in [0.4, 0.5) is 11.5 Å². The Kier molecular flexibility index (Phi) is 6.36. The Morgan fingerprint density at radius 1 is 1.00 bits per heavy atom. The standard InChI is InChI=1S/C25H28ClN3/c1-18-7-5-8-19(13-18)16-27-22-12-6-9-20(14-22)23-15-25(28-17-24(23)26)29-21-10-3-2-4-11-21/h5-9,12-15,17,21,27H,2-4,10-11,16H2,1H3,(H,28,29). The van der Waals surface area contributed by atoms with Crippen molar-refractivity contribution in [3.8, 4) is 11.1 Å². The van der Waals surface area contributed by atoms with Crippen molar-refractivity contribution in [1.29, 1.82) is 0 Å². The van der Waals surface area contributed by atoms with Crippen LogP contribution in [-0.2, 0) is 6.54 Å². The van der Waals surface area contributed by atoms with Gasteiger partial charge in [0.15, 0.2) is 0 Å². The Balaban J connectivity index is 1.50. The first-order valence-corrected chi connectivity index (χ1v) is 10.9. The van der Waals surface area contributed by atoms with Gasteiger partial charge in [-0.25, -0.2) is 4.98 Å². The third kappa shape index (κ3) is 5.30. The fraction of sp³-hybridized carbons (Fsp3) is 0.320. The van der Waals surface area contributed by atoms with Gasteiger partial charge in [0.1, 0.15) is 5.82 Å². The predicted octanol–water partition coefficient (Wildman–Crippen LogP) is 7.07. The number of nitrogens with zero attached hydrogens (tertiary/aromatic N) is 1. The number of benzene rings is 2. The van der Waals surface area contributed by atoms with Gasteiger partial charge in [-0.15, -0.1) is 0 Å². The molecule has 0 aliphatic heterocycles. The number of halogens is 1. The van der Waals surface area contributed by atoms with Crippen LogP contribution < -0.4 is 10.6 Å². The molecule has 1 aliphatic carbocycles. The van der Waals surface area contributed by atoms with Gasteiger partial charge in [0.2, 0.25) is 0 Å². The predicted molar refractivity (Wildman–Crippen MR) is 124 cm³/mol. The van der Waals surface area contributed by atoms with Crippen LogP contribution in [-0.4, -0.2) is 11.0 Å². The third-order valence-electron chi connectivity index (χ3n) is 5.57. The minimum Gasteiger partial charge on any atom is -0.381 e. The van der Waals surface area contributed by atoms with E-state index in [-0.39, 0.29) is 0 Å². The SMILES string of the molecule is Cc1cccc(CNc2cccc(-c3cc(NC4CCCCC4)ncc3Cl)c2)c1. The number of anilines is 2. The van der Waals surface area contributed by atoms with Crippen molar-refractivity contribution >= 4 is 23.1 Å². The topological polar surface area (TPSA) is 37.0 Å². The van der Waals surface area contributed by atoms with Crippen molar-refractivity contribution < 1.29 is 0 Å². The molecule has 1 aromatic heterocycles. The molecule has 1 fully saturated rings. The molecule has 29 heavy (non-hydrogen) atoms. The Morgan fingerprint density at radius 2 is 1.83 bits per heavy atom. The summed E-state index contributed by atoms with van der Waals surface area (Å²) in [6.45, 7) is 2.91. The highest BCUT2D eigenvalue weighted by Gasteiger charge is 2.14. The van der Waals surface area contributed by atoms with Gasteiger partial charge >= 0.3 is 0 Å². The molecular formula is C25H28ClN3. The molecule has 0 radical (unpaired) electrons. The highest BCUT2D eigenvalue weighted by atomic mass is 35.5. The van der Waals surface area contributed by atoms with Crippen molar-refractivity contribution in [3.05, 3.63) is 76.9 Å². The number of aromatic nitrogens is 1. The van der Waals surface area contributed by atoms with E-state index in [1.807, 2.05) is 0 Å². The fourth-order valence-electron chi connectivity index (χ4n) is 4.02. The van der Waals surface area contributed by atoms with Crippen LogP contribution in [0.1, 0.15) is 43.2 Å². The molecule has 4 rings (SSSR count). The molecule has 3 aromatic rings. The summed E-state index contributed by atoms with van der Waals surface area (Å²) in [6, 6.07) is 19.6. The monoisotopic (exact) mass is 405 g/mol. The van der Waals surface area contributed by atoms with E-state index in [9.17, 15) is 0 Å². The Bertz CT molecular complexity index is 964. The fourth-order valence-corrected chi connectivity index (χ4v) is 4.23. The summed E-state index contributed by atoms with van der Waals surface area (Å²) in [5, 5.41) is 7.80. The van der Waals surface area contributed by atoms with E-state index in [1.54, 1.807) is 6.20 Å². The van der Waals surface area contributed by atoms with E-state index in [2.05, 4.69) is 77.1 Å². The van der Waals surface area contributed by atoms with Gasteiger partial charge in [-0.1, -0.05) is 72.8 Å². The van der Waals surface area contributed by atoms with Crippen molar-refractivity contribution in [1.82, 2.24) is 4.98 Å². The second-order valence-corrected chi connectivity index (χ2v) is 8.36. The molecule has 2 N–H and O–H groups in total. The summed E-state index contributed by atoms with van der Waals surface area (Å²) < 4.78 is 0. The quantitative estimate of drug-likeness (QED) is 0.460. The molecule has 150 valence electrons. The molecule has 4 heteroatoms. The van der Waals surface area contributed by atoms with E-state index in [1.165, 1.54) is 43.2 Å². The van der Waals surface area contributed by atoms with Gasteiger partial charge in [-0.2, -0.15) is 0 Å². The van der Waals surface area contributed by atoms with Crippen LogP contribution in [0.5, 0.6) is 0 Å². The number of hydrogen-bond donors (Lipinski definition) is 2. The van der Waals surface area contributed by atoms with E-state index < -0.39 is 0 Å². The van der Waals surface area contributed by atoms with Crippen molar-refractivity contribution in [3.63, 3.8) is 0 Å². The van der Waals surface area contributed by atoms with Crippen LogP contribution in [0.2, 0.25) is 5.02 Å². The van der Waals surface area contributed by atoms with Crippen molar-refractivity contribution in [2.45, 2.75) is 51.6 Å². The zero-order valence-corrected chi connectivity index (χ0v) is 17.7. The van der Waals surface area contributed by atoms with Crippen molar-refractivity contribution in [2.24, 2.45) is 0 Å². The third-order valence-corrected chi connectivity index (χ3v) is 5.87. The average molecular weight is 406 g/mol. The van der Waals surface area contributed by atoms with Crippen LogP contribution in [0.3, 0.4) is 0 Å². The zero-order chi connectivity index (χ0) is 20.1. The highest BCUT2D eigenvalue weighted by Crippen LogP contribution is 2.32. The van der Waals surface area contributed by atoms with Crippen molar-refractivity contribution in [2.75, 3.05) is 10.6 Å². The van der Waals surface area contributed by atoms with Crippen LogP contribution in [0.25, 0.3) is 11.1 Å². The molecule has 1 heterocycles. The van der Waals surface area contributed by atoms with E-state index in [0.29, 0.717) is 11.1 Å². The minimum atomic E-state index is 0.521. The lowest BCUT2D eigenvalue weighted by molar-refractivity contribution is 0.462. The Morgan fingerprint density at radius 3 is 2.66 bits per heavy atom. The van der Waals surface area contributed by atoms with Gasteiger partial charge in [-0.05, 0) is 49.1 Å². The van der Waals surface area contributed by atoms with Gasteiger partial charge in [0.25, 0.3) is 0 Å². The molecule has 0 bridgehead atoms. The lowest BCUT2D eigenvalue weighted by Crippen LogP contribution is -2.22. The molecule has 3 nitrogen and oxygen atoms in total. The number of hydrogen-bond acceptors (Lipinski definition) is 3. The molecule has 1 saturated carbocycles. The summed E-state index contributed by atoms with van der Waals surface area (Å²) in [5.74, 6) is 0.912. The van der Waals surface area contributed by atoms with Gasteiger partial charge in [-0.3, -0.25) is 0 Å². The maximum absolute atomic E-state index is 6.51. The number of pyridine rings is 1. The lowest BCUT2D eigenvalue weighted by Gasteiger charge is -2.23. The second-order valence-electron chi connectivity index (χ2n) is 7.95. The molecular weight excluding hydrogens is 378 g/mol. The van der Waals surface area contributed by atoms with Gasteiger partial charge < -0.3 is 10.6 Å². The largest absolute Gasteiger partial charge is 0.381 e. The maximum Gasteiger partial charge on any atom is 0.126 e. The van der Waals surface area contributed by atoms with E-state index in [0.717, 1.165) is 29.2 Å². The Hall–Kier alpha value is -2.52. The molecule has 0 saturated heterocycles. The summed E-state index contributed by atoms with van der Waals surface area (Å²) in [7, 11) is 0. The summed E-state index contributed by atoms with van der Waals surface area (Å²) >= 11 is 6.51. The van der Waals surface area contributed by atoms with Crippen LogP contribution in [0.15, 0.2) is 60.8 Å². The van der Waals surface area contributed by atoms with Crippen LogP contribution in [0, 0.1) is 6.92 Å². The van der Waals surface area contributed by atoms with Crippen LogP contribution >= 0.6 is 11.6 Å².